The molecule has 0 N–H and O–H groups in total. The molecule has 1 aliphatic rings. The lowest BCUT2D eigenvalue weighted by molar-refractivity contribution is -0.161. The molecule has 0 bridgehead atoms. The highest BCUT2D eigenvalue weighted by molar-refractivity contribution is 6.99. The second-order valence-electron chi connectivity index (χ2n) is 16.3. The fourth-order valence-electron chi connectivity index (χ4n) is 7.03. The van der Waals surface area contributed by atoms with Crippen molar-refractivity contribution in [1.82, 2.24) is 4.90 Å². The molecule has 7 nitrogen and oxygen atoms in total. The first-order chi connectivity index (χ1) is 23.0. The third-order valence-corrected chi connectivity index (χ3v) is 14.1. The van der Waals surface area contributed by atoms with Crippen molar-refractivity contribution in [2.75, 3.05) is 13.1 Å². The van der Waals surface area contributed by atoms with Crippen LogP contribution < -0.4 is 10.4 Å². The standard InChI is InChI=1S/C41H53NO6Si/c1-39(2,3)47-37(43)35(30-23-24-42(27-30)38(44)48-40(4,5)6)25-29-17-16-22-36-34(29)26-31(46-36)28-45-49(41(7,8)9,32-18-12-10-13-19-32)33-20-14-11-15-21-33/h10-22,26,30,35H,23-25,27-28H2,1-9H3/t30-,35?/m0/s1. The summed E-state index contributed by atoms with van der Waals surface area (Å²) in [5.41, 5.74) is 0.536. The summed E-state index contributed by atoms with van der Waals surface area (Å²) in [6.07, 6.45) is 0.816. The fraction of sp³-hybridized carbons (Fsp3) is 0.463. The number of furan rings is 1. The van der Waals surface area contributed by atoms with E-state index in [1.807, 2.05) is 65.8 Å². The number of carbonyl (C=O) groups is 2. The molecule has 3 aromatic carbocycles. The molecule has 8 heteroatoms. The summed E-state index contributed by atoms with van der Waals surface area (Å²) in [5, 5.41) is 3.21. The predicted octanol–water partition coefficient (Wildman–Crippen LogP) is 8.27. The Labute approximate surface area is 293 Å². The van der Waals surface area contributed by atoms with Crippen molar-refractivity contribution in [3.8, 4) is 0 Å². The zero-order valence-corrected chi connectivity index (χ0v) is 31.7. The van der Waals surface area contributed by atoms with Gasteiger partial charge in [0.05, 0.1) is 12.5 Å². The Hall–Kier alpha value is -3.88. The summed E-state index contributed by atoms with van der Waals surface area (Å²) < 4.78 is 25.2. The molecule has 4 aromatic rings. The van der Waals surface area contributed by atoms with Gasteiger partial charge in [0, 0.05) is 18.5 Å². The van der Waals surface area contributed by atoms with E-state index in [9.17, 15) is 9.59 Å². The minimum atomic E-state index is -2.77. The number of amides is 1. The quantitative estimate of drug-likeness (QED) is 0.131. The summed E-state index contributed by atoms with van der Waals surface area (Å²) in [6, 6.07) is 29.2. The van der Waals surface area contributed by atoms with Crippen molar-refractivity contribution in [2.45, 2.75) is 98.0 Å². The Balaban J connectivity index is 1.44. The Morgan fingerprint density at radius 3 is 1.96 bits per heavy atom. The number of benzene rings is 3. The van der Waals surface area contributed by atoms with Crippen LogP contribution in [0.4, 0.5) is 4.79 Å². The normalized spacial score (nSPS) is 16.5. The van der Waals surface area contributed by atoms with Gasteiger partial charge >= 0.3 is 12.1 Å². The van der Waals surface area contributed by atoms with Crippen LogP contribution in [-0.4, -0.2) is 49.6 Å². The summed E-state index contributed by atoms with van der Waals surface area (Å²) >= 11 is 0. The molecule has 2 heterocycles. The van der Waals surface area contributed by atoms with E-state index in [2.05, 4.69) is 81.4 Å². The van der Waals surface area contributed by atoms with Gasteiger partial charge in [0.2, 0.25) is 0 Å². The van der Waals surface area contributed by atoms with Crippen molar-refractivity contribution in [3.63, 3.8) is 0 Å². The fourth-order valence-corrected chi connectivity index (χ4v) is 11.5. The number of nitrogens with zero attached hydrogens (tertiary/aromatic N) is 1. The number of esters is 1. The third-order valence-electron chi connectivity index (χ3n) is 9.15. The average molecular weight is 684 g/mol. The lowest BCUT2D eigenvalue weighted by atomic mass is 9.85. The molecule has 262 valence electrons. The molecular formula is C41H53NO6Si. The third kappa shape index (κ3) is 8.47. The summed E-state index contributed by atoms with van der Waals surface area (Å²) in [6.45, 7) is 19.3. The minimum absolute atomic E-state index is 0.0672. The first kappa shape index (κ1) is 36.4. The van der Waals surface area contributed by atoms with Gasteiger partial charge in [-0.15, -0.1) is 0 Å². The molecule has 0 spiro atoms. The molecule has 5 rings (SSSR count). The van der Waals surface area contributed by atoms with Gasteiger partial charge in [-0.05, 0) is 93.4 Å². The average Bonchev–Trinajstić information content (AvgIpc) is 3.67. The van der Waals surface area contributed by atoms with Gasteiger partial charge in [-0.1, -0.05) is 93.6 Å². The van der Waals surface area contributed by atoms with Crippen LogP contribution in [0.2, 0.25) is 5.04 Å². The predicted molar refractivity (Wildman–Crippen MR) is 198 cm³/mol. The van der Waals surface area contributed by atoms with Gasteiger partial charge in [-0.25, -0.2) is 4.79 Å². The van der Waals surface area contributed by atoms with E-state index in [1.165, 1.54) is 10.4 Å². The van der Waals surface area contributed by atoms with Crippen molar-refractivity contribution >= 4 is 41.7 Å². The van der Waals surface area contributed by atoms with Crippen LogP contribution in [-0.2, 0) is 31.7 Å². The zero-order valence-electron chi connectivity index (χ0n) is 30.7. The molecular weight excluding hydrogens is 631 g/mol. The molecule has 49 heavy (non-hydrogen) atoms. The lowest BCUT2D eigenvalue weighted by Gasteiger charge is -2.42. The molecule has 1 unspecified atom stereocenters. The van der Waals surface area contributed by atoms with Crippen LogP contribution >= 0.6 is 0 Å². The highest BCUT2D eigenvalue weighted by atomic mass is 28.4. The smallest absolute Gasteiger partial charge is 0.410 e. The van der Waals surface area contributed by atoms with E-state index in [-0.39, 0.29) is 23.0 Å². The van der Waals surface area contributed by atoms with Gasteiger partial charge in [-0.3, -0.25) is 4.79 Å². The molecule has 0 saturated carbocycles. The Morgan fingerprint density at radius 1 is 0.816 bits per heavy atom. The van der Waals surface area contributed by atoms with Crippen molar-refractivity contribution in [3.05, 3.63) is 96.3 Å². The SMILES string of the molecule is CC(C)(C)OC(=O)C(Cc1cccc2oc(CO[Si](c3ccccc3)(c3ccccc3)C(C)(C)C)cc12)[C@H]1CCN(C(=O)OC(C)(C)C)C1. The van der Waals surface area contributed by atoms with Crippen LogP contribution in [0.5, 0.6) is 0 Å². The highest BCUT2D eigenvalue weighted by Crippen LogP contribution is 2.38. The van der Waals surface area contributed by atoms with Crippen LogP contribution in [0.25, 0.3) is 11.0 Å². The highest BCUT2D eigenvalue weighted by Gasteiger charge is 2.50. The van der Waals surface area contributed by atoms with Crippen LogP contribution in [0.1, 0.15) is 80.1 Å². The van der Waals surface area contributed by atoms with Crippen LogP contribution in [0.3, 0.4) is 0 Å². The molecule has 1 fully saturated rings. The first-order valence-electron chi connectivity index (χ1n) is 17.4. The minimum Gasteiger partial charge on any atom is -0.460 e. The largest absolute Gasteiger partial charge is 0.460 e. The van der Waals surface area contributed by atoms with E-state index in [1.54, 1.807) is 4.90 Å². The number of hydrogen-bond donors (Lipinski definition) is 0. The monoisotopic (exact) mass is 683 g/mol. The number of likely N-dealkylation sites (tertiary alicyclic amines) is 1. The lowest BCUT2D eigenvalue weighted by Crippen LogP contribution is -2.66. The molecule has 2 atom stereocenters. The first-order valence-corrected chi connectivity index (χ1v) is 19.3. The molecule has 1 amide bonds. The van der Waals surface area contributed by atoms with Crippen LogP contribution in [0.15, 0.2) is 89.3 Å². The number of fused-ring (bicyclic) bond motifs is 1. The number of rotatable bonds is 9. The van der Waals surface area contributed by atoms with Gasteiger partial charge in [-0.2, -0.15) is 0 Å². The van der Waals surface area contributed by atoms with Gasteiger partial charge in [0.1, 0.15) is 22.5 Å². The topological polar surface area (TPSA) is 78.2 Å². The summed E-state index contributed by atoms with van der Waals surface area (Å²) in [5.74, 6) is -0.0213. The van der Waals surface area contributed by atoms with E-state index in [4.69, 9.17) is 18.3 Å². The van der Waals surface area contributed by atoms with Crippen LogP contribution in [0, 0.1) is 11.8 Å². The van der Waals surface area contributed by atoms with E-state index >= 15 is 0 Å². The second-order valence-corrected chi connectivity index (χ2v) is 20.6. The summed E-state index contributed by atoms with van der Waals surface area (Å²) in [4.78, 5) is 28.4. The summed E-state index contributed by atoms with van der Waals surface area (Å²) in [7, 11) is -2.77. The Kier molecular flexibility index (Phi) is 10.5. The maximum Gasteiger partial charge on any atom is 0.410 e. The Morgan fingerprint density at radius 2 is 1.41 bits per heavy atom. The molecule has 0 radical (unpaired) electrons. The van der Waals surface area contributed by atoms with Crippen molar-refractivity contribution in [1.29, 1.82) is 0 Å². The second kappa shape index (κ2) is 14.2. The maximum absolute atomic E-state index is 13.8. The molecule has 0 aliphatic carbocycles. The zero-order chi connectivity index (χ0) is 35.6. The molecule has 1 aliphatic heterocycles. The maximum atomic E-state index is 13.8. The van der Waals surface area contributed by atoms with Gasteiger partial charge in [0.25, 0.3) is 8.32 Å². The molecule has 1 aromatic heterocycles. The van der Waals surface area contributed by atoms with Gasteiger partial charge in [0.15, 0.2) is 0 Å². The number of carbonyl (C=O) groups excluding carboxylic acids is 2. The number of hydrogen-bond acceptors (Lipinski definition) is 6. The molecule has 1 saturated heterocycles. The number of ether oxygens (including phenoxy) is 2. The van der Waals surface area contributed by atoms with E-state index < -0.39 is 25.4 Å². The van der Waals surface area contributed by atoms with Gasteiger partial charge < -0.3 is 23.2 Å². The van der Waals surface area contributed by atoms with Crippen molar-refractivity contribution in [2.24, 2.45) is 11.8 Å². The van der Waals surface area contributed by atoms with E-state index in [0.717, 1.165) is 22.3 Å². The Bertz CT molecular complexity index is 1690. The van der Waals surface area contributed by atoms with E-state index in [0.29, 0.717) is 32.5 Å². The van der Waals surface area contributed by atoms with Crippen molar-refractivity contribution < 1.29 is 27.9 Å².